The predicted octanol–water partition coefficient (Wildman–Crippen LogP) is 1.31. The molecular formula is C21H22FN3O7. The summed E-state index contributed by atoms with van der Waals surface area (Å²) in [4.78, 5) is 50.3. The predicted molar refractivity (Wildman–Crippen MR) is 111 cm³/mol. The number of carboxylic acids is 2. The molecule has 1 fully saturated rings. The molecule has 4 rings (SSSR count). The second-order valence-corrected chi connectivity index (χ2v) is 7.94. The van der Waals surface area contributed by atoms with Gasteiger partial charge in [-0.3, -0.25) is 14.4 Å². The summed E-state index contributed by atoms with van der Waals surface area (Å²) in [6, 6.07) is 0.788. The lowest BCUT2D eigenvalue weighted by atomic mass is 10.1. The van der Waals surface area contributed by atoms with Crippen LogP contribution in [0.15, 0.2) is 17.1 Å². The lowest BCUT2D eigenvalue weighted by molar-refractivity contribution is -0.141. The van der Waals surface area contributed by atoms with Crippen molar-refractivity contribution in [3.63, 3.8) is 0 Å². The molecule has 2 aliphatic heterocycles. The van der Waals surface area contributed by atoms with Gasteiger partial charge in [-0.05, 0) is 13.0 Å². The zero-order chi connectivity index (χ0) is 23.2. The normalized spacial score (nSPS) is 17.9. The number of carboxylic acid groups (broad SMARTS) is 2. The van der Waals surface area contributed by atoms with Gasteiger partial charge < -0.3 is 29.3 Å². The zero-order valence-corrected chi connectivity index (χ0v) is 17.3. The second kappa shape index (κ2) is 8.13. The van der Waals surface area contributed by atoms with Crippen molar-refractivity contribution in [2.24, 2.45) is 0 Å². The van der Waals surface area contributed by atoms with Gasteiger partial charge >= 0.3 is 11.9 Å². The number of pyridine rings is 1. The van der Waals surface area contributed by atoms with Crippen molar-refractivity contribution in [3.05, 3.63) is 33.9 Å². The summed E-state index contributed by atoms with van der Waals surface area (Å²) in [7, 11) is 0. The van der Waals surface area contributed by atoms with Crippen LogP contribution < -0.4 is 15.1 Å². The summed E-state index contributed by atoms with van der Waals surface area (Å²) in [5.74, 6) is -3.23. The molecule has 0 bridgehead atoms. The molecule has 3 heterocycles. The van der Waals surface area contributed by atoms with E-state index in [2.05, 4.69) is 0 Å². The largest absolute Gasteiger partial charge is 0.487 e. The fourth-order valence-electron chi connectivity index (χ4n) is 4.21. The van der Waals surface area contributed by atoms with Gasteiger partial charge in [-0.25, -0.2) is 9.18 Å². The molecule has 32 heavy (non-hydrogen) atoms. The van der Waals surface area contributed by atoms with Gasteiger partial charge in [-0.2, -0.15) is 0 Å². The van der Waals surface area contributed by atoms with Crippen LogP contribution in [0.2, 0.25) is 0 Å². The first kappa shape index (κ1) is 21.6. The number of aromatic nitrogens is 1. The van der Waals surface area contributed by atoms with Crippen molar-refractivity contribution in [2.45, 2.75) is 25.8 Å². The molecule has 0 spiro atoms. The first-order valence-corrected chi connectivity index (χ1v) is 10.2. The van der Waals surface area contributed by atoms with E-state index in [0.29, 0.717) is 18.6 Å². The fraction of sp³-hybridized carbons (Fsp3) is 0.429. The van der Waals surface area contributed by atoms with E-state index >= 15 is 4.39 Å². The maximum Gasteiger partial charge on any atom is 0.341 e. The van der Waals surface area contributed by atoms with Gasteiger partial charge in [0.1, 0.15) is 17.9 Å². The molecule has 1 unspecified atom stereocenters. The van der Waals surface area contributed by atoms with Gasteiger partial charge in [0, 0.05) is 38.8 Å². The van der Waals surface area contributed by atoms with Gasteiger partial charge in [0.2, 0.25) is 11.3 Å². The minimum absolute atomic E-state index is 0.0600. The van der Waals surface area contributed by atoms with Crippen molar-refractivity contribution in [1.82, 2.24) is 9.47 Å². The molecule has 0 saturated carbocycles. The van der Waals surface area contributed by atoms with Crippen LogP contribution in [0, 0.1) is 5.82 Å². The third-order valence-electron chi connectivity index (χ3n) is 5.87. The smallest absolute Gasteiger partial charge is 0.341 e. The van der Waals surface area contributed by atoms with Crippen molar-refractivity contribution in [1.29, 1.82) is 0 Å². The molecule has 170 valence electrons. The van der Waals surface area contributed by atoms with Gasteiger partial charge in [0.15, 0.2) is 11.6 Å². The quantitative estimate of drug-likeness (QED) is 0.702. The number of piperazine rings is 1. The molecule has 1 atom stereocenters. The molecule has 0 radical (unpaired) electrons. The Labute approximate surface area is 181 Å². The summed E-state index contributed by atoms with van der Waals surface area (Å²) < 4.78 is 22.7. The highest BCUT2D eigenvalue weighted by atomic mass is 19.1. The van der Waals surface area contributed by atoms with E-state index in [4.69, 9.17) is 9.84 Å². The number of nitrogens with zero attached hydrogens (tertiary/aromatic N) is 3. The summed E-state index contributed by atoms with van der Waals surface area (Å²) in [6.07, 6.45) is 0.929. The number of aliphatic carboxylic acids is 1. The van der Waals surface area contributed by atoms with Crippen LogP contribution in [0.5, 0.6) is 5.75 Å². The van der Waals surface area contributed by atoms with Gasteiger partial charge in [0.05, 0.1) is 23.4 Å². The number of ether oxygens (including phenoxy) is 1. The Morgan fingerprint density at radius 2 is 1.84 bits per heavy atom. The monoisotopic (exact) mass is 447 g/mol. The number of halogens is 1. The van der Waals surface area contributed by atoms with E-state index in [0.717, 1.165) is 6.07 Å². The standard InChI is InChI=1S/C21H22FN3O7/c1-11-10-32-20-17-12(19(29)13(21(30)31)9-25(11)17)8-14(22)18(20)24-6-4-23(5-7-24)15(26)2-3-16(27)28/h8-9,11H,2-7,10H2,1H3,(H,27,28)(H,30,31). The third-order valence-corrected chi connectivity index (χ3v) is 5.87. The van der Waals surface area contributed by atoms with E-state index in [1.54, 1.807) is 14.4 Å². The summed E-state index contributed by atoms with van der Waals surface area (Å²) in [5.41, 5.74) is -0.701. The molecule has 1 aromatic heterocycles. The summed E-state index contributed by atoms with van der Waals surface area (Å²) in [6.45, 7) is 3.15. The lowest BCUT2D eigenvalue weighted by Crippen LogP contribution is -2.49. The van der Waals surface area contributed by atoms with Crippen LogP contribution in [-0.4, -0.2) is 70.3 Å². The fourth-order valence-corrected chi connectivity index (χ4v) is 4.21. The molecule has 10 nitrogen and oxygen atoms in total. The highest BCUT2D eigenvalue weighted by molar-refractivity contribution is 5.97. The topological polar surface area (TPSA) is 129 Å². The number of hydrogen-bond donors (Lipinski definition) is 2. The zero-order valence-electron chi connectivity index (χ0n) is 17.3. The Bertz CT molecular complexity index is 1180. The van der Waals surface area contributed by atoms with Crippen LogP contribution in [-0.2, 0) is 9.59 Å². The average Bonchev–Trinajstić information content (AvgIpc) is 2.75. The molecule has 2 aliphatic rings. The Kier molecular flexibility index (Phi) is 5.49. The molecule has 2 N–H and O–H groups in total. The van der Waals surface area contributed by atoms with Gasteiger partial charge in [-0.1, -0.05) is 0 Å². The summed E-state index contributed by atoms with van der Waals surface area (Å²) in [5, 5.41) is 18.1. The van der Waals surface area contributed by atoms with Crippen LogP contribution in [0.3, 0.4) is 0 Å². The van der Waals surface area contributed by atoms with Gasteiger partial charge in [0.25, 0.3) is 0 Å². The SMILES string of the molecule is CC1COc2c(N3CCN(C(=O)CCC(=O)O)CC3)c(F)cc3c(=O)c(C(=O)O)cn1c23. The number of amides is 1. The number of carbonyl (C=O) groups excluding carboxylic acids is 1. The van der Waals surface area contributed by atoms with Crippen LogP contribution in [0.4, 0.5) is 10.1 Å². The molecule has 1 amide bonds. The van der Waals surface area contributed by atoms with Crippen molar-refractivity contribution in [3.8, 4) is 5.75 Å². The first-order valence-electron chi connectivity index (χ1n) is 10.2. The second-order valence-electron chi connectivity index (χ2n) is 7.94. The van der Waals surface area contributed by atoms with E-state index in [9.17, 15) is 24.3 Å². The van der Waals surface area contributed by atoms with Crippen LogP contribution in [0.25, 0.3) is 10.9 Å². The lowest BCUT2D eigenvalue weighted by Gasteiger charge is -2.38. The minimum atomic E-state index is -1.38. The molecule has 0 aliphatic carbocycles. The van der Waals surface area contributed by atoms with E-state index < -0.39 is 28.7 Å². The van der Waals surface area contributed by atoms with Crippen LogP contribution >= 0.6 is 0 Å². The number of anilines is 1. The summed E-state index contributed by atoms with van der Waals surface area (Å²) >= 11 is 0. The maximum atomic E-state index is 15.2. The van der Waals surface area contributed by atoms with E-state index in [-0.39, 0.29) is 61.3 Å². The third kappa shape index (κ3) is 3.63. The highest BCUT2D eigenvalue weighted by Crippen LogP contribution is 2.42. The number of carbonyl (C=O) groups is 3. The minimum Gasteiger partial charge on any atom is -0.487 e. The highest BCUT2D eigenvalue weighted by Gasteiger charge is 2.32. The average molecular weight is 447 g/mol. The molecular weight excluding hydrogens is 425 g/mol. The van der Waals surface area contributed by atoms with Crippen molar-refractivity contribution >= 4 is 34.4 Å². The van der Waals surface area contributed by atoms with E-state index in [1.165, 1.54) is 6.20 Å². The Balaban J connectivity index is 1.70. The first-order chi connectivity index (χ1) is 15.2. The number of benzene rings is 1. The maximum absolute atomic E-state index is 15.2. The number of hydrogen-bond acceptors (Lipinski definition) is 6. The molecule has 1 aromatic carbocycles. The molecule has 1 saturated heterocycles. The Hall–Kier alpha value is -3.63. The van der Waals surface area contributed by atoms with Crippen LogP contribution in [0.1, 0.15) is 36.2 Å². The van der Waals surface area contributed by atoms with Crippen molar-refractivity contribution in [2.75, 3.05) is 37.7 Å². The van der Waals surface area contributed by atoms with Crippen molar-refractivity contribution < 1.29 is 33.7 Å². The molecule has 11 heteroatoms. The molecule has 2 aromatic rings. The number of aromatic carboxylic acids is 1. The Morgan fingerprint density at radius 3 is 2.47 bits per heavy atom. The number of rotatable bonds is 5. The Morgan fingerprint density at radius 1 is 1.16 bits per heavy atom. The van der Waals surface area contributed by atoms with Gasteiger partial charge in [-0.15, -0.1) is 0 Å². The van der Waals surface area contributed by atoms with E-state index in [1.807, 2.05) is 6.92 Å².